The van der Waals surface area contributed by atoms with Crippen molar-refractivity contribution in [2.75, 3.05) is 13.2 Å². The smallest absolute Gasteiger partial charge is 0.550 e. The van der Waals surface area contributed by atoms with Gasteiger partial charge in [0.1, 0.15) is 29.6 Å². The zero-order chi connectivity index (χ0) is 25.6. The van der Waals surface area contributed by atoms with Crippen molar-refractivity contribution < 1.29 is 58.8 Å². The fourth-order valence-corrected chi connectivity index (χ4v) is 2.93. The topological polar surface area (TPSA) is 112 Å². The molecular weight excluding hydrogens is 469 g/mol. The van der Waals surface area contributed by atoms with Crippen LogP contribution in [0.25, 0.3) is 0 Å². The van der Waals surface area contributed by atoms with E-state index in [4.69, 9.17) is 24.7 Å². The van der Waals surface area contributed by atoms with E-state index in [-0.39, 0.29) is 54.4 Å². The number of aliphatic hydroxyl groups is 1. The third-order valence-corrected chi connectivity index (χ3v) is 4.43. The molecule has 0 spiro atoms. The molecule has 0 aromatic heterocycles. The van der Waals surface area contributed by atoms with Gasteiger partial charge in [-0.3, -0.25) is 0 Å². The van der Waals surface area contributed by atoms with Gasteiger partial charge in [0, 0.05) is 30.6 Å². The Hall–Kier alpha value is -2.84. The summed E-state index contributed by atoms with van der Waals surface area (Å²) in [6, 6.07) is 21.6. The van der Waals surface area contributed by atoms with Gasteiger partial charge in [-0.25, -0.2) is 0 Å². The van der Waals surface area contributed by atoms with Gasteiger partial charge in [0.2, 0.25) is 0 Å². The van der Waals surface area contributed by atoms with E-state index in [9.17, 15) is 9.90 Å². The molecule has 0 heterocycles. The largest absolute Gasteiger partial charge is 1.00 e. The Morgan fingerprint density at radius 3 is 2.19 bits per heavy atom. The van der Waals surface area contributed by atoms with Crippen molar-refractivity contribution in [3.05, 3.63) is 83.9 Å². The third-order valence-electron chi connectivity index (χ3n) is 4.43. The van der Waals surface area contributed by atoms with Gasteiger partial charge in [0.05, 0.1) is 11.8 Å². The number of hydrogen-bond donors (Lipinski definition) is 2. The predicted octanol–water partition coefficient (Wildman–Crippen LogP) is 1.40. The number of carboxylic acid groups (broad SMARTS) is 1. The average Bonchev–Trinajstić information content (AvgIpc) is 2.82. The molecule has 0 saturated heterocycles. The number of hydrogen-bond acceptors (Lipinski definition) is 7. The number of nitrogens with one attached hydrogen (secondary N) is 1. The summed E-state index contributed by atoms with van der Waals surface area (Å²) in [5, 5.41) is 27.2. The zero-order valence-corrected chi connectivity index (χ0v) is 23.3. The maximum Gasteiger partial charge on any atom is 1.00 e. The van der Waals surface area contributed by atoms with E-state index in [1.54, 1.807) is 24.3 Å². The van der Waals surface area contributed by atoms with Crippen LogP contribution >= 0.6 is 0 Å². The number of aliphatic carboxylic acids is 1. The molecule has 0 saturated carbocycles. The SMILES string of the molecule is CC(C)Oc1cc(CC(=O)[O-])cc(OCC(=N)c2cccc(Oc3ccccc3)c2)c1.CCCO.[Na+]. The Morgan fingerprint density at radius 2 is 1.58 bits per heavy atom. The van der Waals surface area contributed by atoms with Crippen molar-refractivity contribution in [1.82, 2.24) is 0 Å². The number of rotatable bonds is 11. The first-order valence-corrected chi connectivity index (χ1v) is 11.5. The quantitative estimate of drug-likeness (QED) is 0.304. The summed E-state index contributed by atoms with van der Waals surface area (Å²) in [5.41, 5.74) is 1.44. The van der Waals surface area contributed by atoms with Gasteiger partial charge in [-0.15, -0.1) is 0 Å². The average molecular weight is 502 g/mol. The van der Waals surface area contributed by atoms with Gasteiger partial charge in [0.25, 0.3) is 0 Å². The fraction of sp³-hybridized carbons (Fsp3) is 0.286. The molecule has 0 amide bonds. The van der Waals surface area contributed by atoms with Crippen LogP contribution in [0.5, 0.6) is 23.0 Å². The van der Waals surface area contributed by atoms with Crippen molar-refractivity contribution in [2.24, 2.45) is 0 Å². The van der Waals surface area contributed by atoms with E-state index in [1.165, 1.54) is 0 Å². The third kappa shape index (κ3) is 11.7. The molecule has 0 fully saturated rings. The van der Waals surface area contributed by atoms with Gasteiger partial charge < -0.3 is 34.6 Å². The number of benzene rings is 3. The Morgan fingerprint density at radius 1 is 0.944 bits per heavy atom. The second-order valence-electron chi connectivity index (χ2n) is 7.96. The summed E-state index contributed by atoms with van der Waals surface area (Å²) in [6.45, 7) is 6.02. The predicted molar refractivity (Wildman–Crippen MR) is 134 cm³/mol. The molecule has 36 heavy (non-hydrogen) atoms. The molecule has 3 rings (SSSR count). The van der Waals surface area contributed by atoms with E-state index in [2.05, 4.69) is 0 Å². The number of para-hydroxylation sites is 1. The molecule has 0 atom stereocenters. The molecule has 0 aliphatic heterocycles. The van der Waals surface area contributed by atoms with Gasteiger partial charge in [-0.05, 0) is 62.2 Å². The van der Waals surface area contributed by atoms with Crippen LogP contribution in [0.2, 0.25) is 0 Å². The molecule has 2 N–H and O–H groups in total. The van der Waals surface area contributed by atoms with Crippen LogP contribution in [-0.4, -0.2) is 36.1 Å². The molecule has 0 bridgehead atoms. The Bertz CT molecular complexity index is 1090. The number of carbonyl (C=O) groups is 1. The first-order chi connectivity index (χ1) is 16.8. The number of ether oxygens (including phenoxy) is 3. The van der Waals surface area contributed by atoms with Crippen molar-refractivity contribution in [3.63, 3.8) is 0 Å². The fourth-order valence-electron chi connectivity index (χ4n) is 2.93. The van der Waals surface area contributed by atoms with Crippen LogP contribution < -0.4 is 48.9 Å². The minimum absolute atomic E-state index is 0. The molecular formula is C28H32NNaO6. The van der Waals surface area contributed by atoms with E-state index in [0.717, 1.165) is 6.42 Å². The maximum absolute atomic E-state index is 11.0. The van der Waals surface area contributed by atoms with Gasteiger partial charge in [0.15, 0.2) is 0 Å². The summed E-state index contributed by atoms with van der Waals surface area (Å²) in [5.74, 6) is 1.09. The van der Waals surface area contributed by atoms with E-state index in [1.807, 2.05) is 69.3 Å². The van der Waals surface area contributed by atoms with Crippen molar-refractivity contribution in [3.8, 4) is 23.0 Å². The molecule has 3 aromatic rings. The molecule has 0 aliphatic carbocycles. The van der Waals surface area contributed by atoms with Crippen molar-refractivity contribution >= 4 is 11.7 Å². The molecule has 3 aromatic carbocycles. The van der Waals surface area contributed by atoms with Crippen molar-refractivity contribution in [2.45, 2.75) is 39.7 Å². The summed E-state index contributed by atoms with van der Waals surface area (Å²) in [4.78, 5) is 11.0. The number of aliphatic hydroxyl groups excluding tert-OH is 1. The van der Waals surface area contributed by atoms with Crippen LogP contribution in [0.4, 0.5) is 0 Å². The number of carbonyl (C=O) groups excluding carboxylic acids is 1. The van der Waals surface area contributed by atoms with E-state index >= 15 is 0 Å². The van der Waals surface area contributed by atoms with Crippen LogP contribution in [-0.2, 0) is 11.2 Å². The van der Waals surface area contributed by atoms with Crippen LogP contribution in [0.3, 0.4) is 0 Å². The van der Waals surface area contributed by atoms with Crippen molar-refractivity contribution in [1.29, 1.82) is 5.41 Å². The summed E-state index contributed by atoms with van der Waals surface area (Å²) >= 11 is 0. The maximum atomic E-state index is 11.0. The minimum Gasteiger partial charge on any atom is -0.550 e. The Balaban J connectivity index is 0.00000120. The first-order valence-electron chi connectivity index (χ1n) is 11.5. The van der Waals surface area contributed by atoms with Crippen LogP contribution in [0, 0.1) is 5.41 Å². The summed E-state index contributed by atoms with van der Waals surface area (Å²) in [6.07, 6.45) is 0.554. The van der Waals surface area contributed by atoms with Crippen LogP contribution in [0.15, 0.2) is 72.8 Å². The molecule has 0 unspecified atom stereocenters. The van der Waals surface area contributed by atoms with Gasteiger partial charge >= 0.3 is 29.6 Å². The molecule has 0 radical (unpaired) electrons. The summed E-state index contributed by atoms with van der Waals surface area (Å²) < 4.78 is 17.3. The molecule has 7 nitrogen and oxygen atoms in total. The van der Waals surface area contributed by atoms with E-state index < -0.39 is 5.97 Å². The monoisotopic (exact) mass is 501 g/mol. The Labute approximate surface area is 234 Å². The van der Waals surface area contributed by atoms with Gasteiger partial charge in [-0.2, -0.15) is 0 Å². The second kappa shape index (κ2) is 16.8. The molecule has 0 aliphatic rings. The summed E-state index contributed by atoms with van der Waals surface area (Å²) in [7, 11) is 0. The van der Waals surface area contributed by atoms with E-state index in [0.29, 0.717) is 40.7 Å². The Kier molecular flexibility index (Phi) is 14.5. The standard InChI is InChI=1S/C25H25NO5.C3H8O.Na/c1-17(2)30-23-12-18(13-25(27)28)11-22(15-23)29-16-24(26)19-7-6-10-21(14-19)31-20-8-4-3-5-9-20;1-2-3-4;/h3-12,14-15,17,26H,13,16H2,1-2H3,(H,27,28);4H,2-3H2,1H3;/q;;+1/p-1. The number of carboxylic acids is 1. The molecule has 8 heteroatoms. The minimum atomic E-state index is -1.18. The van der Waals surface area contributed by atoms with Gasteiger partial charge in [-0.1, -0.05) is 37.3 Å². The molecule has 186 valence electrons. The van der Waals surface area contributed by atoms with Crippen LogP contribution in [0.1, 0.15) is 38.3 Å². The first kappa shape index (κ1) is 31.2. The normalized spacial score (nSPS) is 9.92. The zero-order valence-electron chi connectivity index (χ0n) is 21.3. The second-order valence-corrected chi connectivity index (χ2v) is 7.96.